The van der Waals surface area contributed by atoms with Crippen LogP contribution >= 0.6 is 23.1 Å². The molecule has 4 heteroatoms. The molecular weight excluding hydrogens is 286 g/mol. The van der Waals surface area contributed by atoms with E-state index in [2.05, 4.69) is 36.0 Å². The second-order valence-corrected chi connectivity index (χ2v) is 6.91. The number of benzene rings is 1. The number of thioether (sulfide) groups is 1. The van der Waals surface area contributed by atoms with Crippen molar-refractivity contribution in [1.29, 1.82) is 0 Å². The second kappa shape index (κ2) is 6.46. The number of hydrogen-bond acceptors (Lipinski definition) is 3. The lowest BCUT2D eigenvalue weighted by Gasteiger charge is -2.24. The summed E-state index contributed by atoms with van der Waals surface area (Å²) >= 11 is 3.28. The summed E-state index contributed by atoms with van der Waals surface area (Å²) in [5.41, 5.74) is 1.96. The van der Waals surface area contributed by atoms with Crippen LogP contribution in [0, 0.1) is 0 Å². The normalized spacial score (nSPS) is 11.3. The van der Waals surface area contributed by atoms with Crippen molar-refractivity contribution in [2.75, 3.05) is 12.8 Å². The third kappa shape index (κ3) is 3.44. The Morgan fingerprint density at radius 1 is 1.30 bits per heavy atom. The smallest absolute Gasteiger partial charge is 0.252 e. The molecule has 0 spiro atoms. The van der Waals surface area contributed by atoms with E-state index in [1.54, 1.807) is 23.1 Å². The Hall–Kier alpha value is -1.26. The quantitative estimate of drug-likeness (QED) is 0.840. The summed E-state index contributed by atoms with van der Waals surface area (Å²) in [6.07, 6.45) is 1.99. The number of rotatable bonds is 5. The van der Waals surface area contributed by atoms with Crippen LogP contribution < -0.4 is 5.32 Å². The lowest BCUT2D eigenvalue weighted by Crippen LogP contribution is -2.36. The van der Waals surface area contributed by atoms with Crippen LogP contribution in [0.15, 0.2) is 46.0 Å². The first kappa shape index (κ1) is 15.1. The predicted molar refractivity (Wildman–Crippen MR) is 87.9 cm³/mol. The van der Waals surface area contributed by atoms with E-state index in [9.17, 15) is 4.79 Å². The lowest BCUT2D eigenvalue weighted by molar-refractivity contribution is 0.0943. The Morgan fingerprint density at radius 3 is 2.70 bits per heavy atom. The molecule has 2 nitrogen and oxygen atoms in total. The first-order valence-electron chi connectivity index (χ1n) is 6.48. The van der Waals surface area contributed by atoms with Gasteiger partial charge in [-0.2, -0.15) is 11.3 Å². The van der Waals surface area contributed by atoms with E-state index in [1.807, 2.05) is 30.5 Å². The van der Waals surface area contributed by atoms with Gasteiger partial charge >= 0.3 is 0 Å². The number of carbonyl (C=O) groups excluding carboxylic acids is 1. The van der Waals surface area contributed by atoms with E-state index >= 15 is 0 Å². The Morgan fingerprint density at radius 2 is 2.05 bits per heavy atom. The molecule has 1 aromatic carbocycles. The van der Waals surface area contributed by atoms with Crippen molar-refractivity contribution < 1.29 is 4.79 Å². The fourth-order valence-electron chi connectivity index (χ4n) is 1.98. The van der Waals surface area contributed by atoms with E-state index in [-0.39, 0.29) is 11.3 Å². The number of carbonyl (C=O) groups is 1. The first-order valence-corrected chi connectivity index (χ1v) is 8.65. The zero-order chi connectivity index (χ0) is 14.6. The maximum atomic E-state index is 12.3. The maximum absolute atomic E-state index is 12.3. The van der Waals surface area contributed by atoms with Crippen LogP contribution in [0.5, 0.6) is 0 Å². The average molecular weight is 305 g/mol. The predicted octanol–water partition coefficient (Wildman–Crippen LogP) is 4.18. The van der Waals surface area contributed by atoms with Gasteiger partial charge in [-0.15, -0.1) is 11.8 Å². The van der Waals surface area contributed by atoms with Gasteiger partial charge in [0.25, 0.3) is 5.91 Å². The molecule has 1 aromatic heterocycles. The molecule has 20 heavy (non-hydrogen) atoms. The monoisotopic (exact) mass is 305 g/mol. The summed E-state index contributed by atoms with van der Waals surface area (Å²) in [5, 5.41) is 7.27. The second-order valence-electron chi connectivity index (χ2n) is 5.28. The molecule has 1 N–H and O–H groups in total. The van der Waals surface area contributed by atoms with Crippen LogP contribution in [0.4, 0.5) is 0 Å². The Balaban J connectivity index is 2.06. The molecule has 0 fully saturated rings. The van der Waals surface area contributed by atoms with E-state index < -0.39 is 0 Å². The molecule has 2 rings (SSSR count). The summed E-state index contributed by atoms with van der Waals surface area (Å²) in [4.78, 5) is 13.3. The molecule has 0 aliphatic carbocycles. The van der Waals surface area contributed by atoms with Gasteiger partial charge in [0.1, 0.15) is 0 Å². The Bertz CT molecular complexity index is 576. The molecule has 2 aromatic rings. The van der Waals surface area contributed by atoms with Gasteiger partial charge in [0.2, 0.25) is 0 Å². The minimum atomic E-state index is -0.0516. The van der Waals surface area contributed by atoms with Gasteiger partial charge in [0.15, 0.2) is 0 Å². The summed E-state index contributed by atoms with van der Waals surface area (Å²) in [5.74, 6) is -0.00162. The molecule has 0 radical (unpaired) electrons. The third-order valence-corrected chi connectivity index (χ3v) is 4.82. The summed E-state index contributed by atoms with van der Waals surface area (Å²) in [6.45, 7) is 4.93. The van der Waals surface area contributed by atoms with Gasteiger partial charge in [-0.05, 0) is 40.8 Å². The SMILES string of the molecule is CSc1ccccc1C(=O)NCC(C)(C)c1ccsc1. The van der Waals surface area contributed by atoms with Gasteiger partial charge in [-0.1, -0.05) is 26.0 Å². The molecule has 0 aliphatic rings. The van der Waals surface area contributed by atoms with Gasteiger partial charge in [0, 0.05) is 16.9 Å². The zero-order valence-electron chi connectivity index (χ0n) is 12.0. The van der Waals surface area contributed by atoms with E-state index in [0.717, 1.165) is 10.5 Å². The van der Waals surface area contributed by atoms with Crippen molar-refractivity contribution in [3.8, 4) is 0 Å². The maximum Gasteiger partial charge on any atom is 0.252 e. The zero-order valence-corrected chi connectivity index (χ0v) is 13.6. The Labute approximate surface area is 128 Å². The summed E-state index contributed by atoms with van der Waals surface area (Å²) in [7, 11) is 0. The van der Waals surface area contributed by atoms with Crippen LogP contribution in [0.25, 0.3) is 0 Å². The molecule has 0 atom stereocenters. The summed E-state index contributed by atoms with van der Waals surface area (Å²) in [6, 6.07) is 9.82. The van der Waals surface area contributed by atoms with Crippen LogP contribution in [-0.4, -0.2) is 18.7 Å². The fourth-order valence-corrected chi connectivity index (χ4v) is 3.42. The van der Waals surface area contributed by atoms with Gasteiger partial charge in [0.05, 0.1) is 5.56 Å². The van der Waals surface area contributed by atoms with Gasteiger partial charge < -0.3 is 5.32 Å². The molecule has 106 valence electrons. The number of nitrogens with one attached hydrogen (secondary N) is 1. The highest BCUT2D eigenvalue weighted by Crippen LogP contribution is 2.25. The minimum Gasteiger partial charge on any atom is -0.351 e. The van der Waals surface area contributed by atoms with Gasteiger partial charge in [-0.3, -0.25) is 4.79 Å². The molecule has 1 heterocycles. The molecular formula is C16H19NOS2. The third-order valence-electron chi connectivity index (χ3n) is 3.35. The van der Waals surface area contributed by atoms with Gasteiger partial charge in [-0.25, -0.2) is 0 Å². The van der Waals surface area contributed by atoms with Crippen molar-refractivity contribution in [3.63, 3.8) is 0 Å². The molecule has 1 amide bonds. The fraction of sp³-hybridized carbons (Fsp3) is 0.312. The number of thiophene rings is 1. The van der Waals surface area contributed by atoms with Crippen molar-refractivity contribution in [1.82, 2.24) is 5.32 Å². The standard InChI is InChI=1S/C16H19NOS2/c1-16(2,12-8-9-20-10-12)11-17-15(18)13-6-4-5-7-14(13)19-3/h4-10H,11H2,1-3H3,(H,17,18). The van der Waals surface area contributed by atoms with Crippen molar-refractivity contribution in [2.45, 2.75) is 24.2 Å². The molecule has 0 bridgehead atoms. The lowest BCUT2D eigenvalue weighted by atomic mass is 9.86. The minimum absolute atomic E-state index is 0.00162. The van der Waals surface area contributed by atoms with Crippen molar-refractivity contribution >= 4 is 29.0 Å². The molecule has 0 aliphatic heterocycles. The number of amides is 1. The van der Waals surface area contributed by atoms with Crippen LogP contribution in [-0.2, 0) is 5.41 Å². The molecule has 0 saturated carbocycles. The van der Waals surface area contributed by atoms with Crippen molar-refractivity contribution in [2.24, 2.45) is 0 Å². The van der Waals surface area contributed by atoms with Crippen LogP contribution in [0.3, 0.4) is 0 Å². The van der Waals surface area contributed by atoms with E-state index in [0.29, 0.717) is 6.54 Å². The molecule has 0 saturated heterocycles. The van der Waals surface area contributed by atoms with Crippen molar-refractivity contribution in [3.05, 3.63) is 52.2 Å². The highest BCUT2D eigenvalue weighted by Gasteiger charge is 2.22. The highest BCUT2D eigenvalue weighted by molar-refractivity contribution is 7.98. The van der Waals surface area contributed by atoms with Crippen LogP contribution in [0.2, 0.25) is 0 Å². The first-order chi connectivity index (χ1) is 9.54. The molecule has 0 unspecified atom stereocenters. The van der Waals surface area contributed by atoms with E-state index in [1.165, 1.54) is 5.56 Å². The topological polar surface area (TPSA) is 29.1 Å². The Kier molecular flexibility index (Phi) is 4.89. The largest absolute Gasteiger partial charge is 0.351 e. The van der Waals surface area contributed by atoms with Crippen LogP contribution in [0.1, 0.15) is 29.8 Å². The summed E-state index contributed by atoms with van der Waals surface area (Å²) < 4.78 is 0. The van der Waals surface area contributed by atoms with E-state index in [4.69, 9.17) is 0 Å². The number of hydrogen-bond donors (Lipinski definition) is 1. The highest BCUT2D eigenvalue weighted by atomic mass is 32.2. The average Bonchev–Trinajstić information content (AvgIpc) is 3.00.